The first kappa shape index (κ1) is 13.1. The summed E-state index contributed by atoms with van der Waals surface area (Å²) in [6, 6.07) is 4.57. The van der Waals surface area contributed by atoms with Crippen LogP contribution < -0.4 is 5.73 Å². The molecule has 20 heavy (non-hydrogen) atoms. The second-order valence-corrected chi connectivity index (χ2v) is 6.07. The Labute approximate surface area is 120 Å². The second kappa shape index (κ2) is 4.56. The lowest BCUT2D eigenvalue weighted by Crippen LogP contribution is -2.10. The topological polar surface area (TPSA) is 56.7 Å². The van der Waals surface area contributed by atoms with Crippen LogP contribution in [0.3, 0.4) is 0 Å². The largest absolute Gasteiger partial charge is 0.369 e. The van der Waals surface area contributed by atoms with Crippen LogP contribution in [0, 0.1) is 19.7 Å². The molecule has 0 radical (unpaired) electrons. The van der Waals surface area contributed by atoms with Gasteiger partial charge in [0.25, 0.3) is 0 Å². The summed E-state index contributed by atoms with van der Waals surface area (Å²) in [6.45, 7) is 6.03. The molecule has 3 rings (SSSR count). The number of anilines is 1. The predicted octanol–water partition coefficient (Wildman–Crippen LogP) is 3.44. The van der Waals surface area contributed by atoms with Crippen molar-refractivity contribution in [1.82, 2.24) is 14.5 Å². The summed E-state index contributed by atoms with van der Waals surface area (Å²) in [5.74, 6) is 0.0863. The van der Waals surface area contributed by atoms with Crippen molar-refractivity contribution in [2.45, 2.75) is 26.8 Å². The minimum atomic E-state index is -0.306. The minimum absolute atomic E-state index is 0.0247. The quantitative estimate of drug-likeness (QED) is 0.786. The summed E-state index contributed by atoms with van der Waals surface area (Å²) in [5.41, 5.74) is 8.43. The highest BCUT2D eigenvalue weighted by molar-refractivity contribution is 7.11. The Morgan fingerprint density at radius 3 is 2.70 bits per heavy atom. The van der Waals surface area contributed by atoms with Gasteiger partial charge in [-0.05, 0) is 32.9 Å². The van der Waals surface area contributed by atoms with E-state index in [-0.39, 0.29) is 11.9 Å². The van der Waals surface area contributed by atoms with Gasteiger partial charge in [0.15, 0.2) is 0 Å². The van der Waals surface area contributed by atoms with Gasteiger partial charge in [-0.3, -0.25) is 0 Å². The number of aromatic nitrogens is 3. The van der Waals surface area contributed by atoms with Gasteiger partial charge in [-0.15, -0.1) is 11.3 Å². The highest BCUT2D eigenvalue weighted by Crippen LogP contribution is 2.32. The fourth-order valence-electron chi connectivity index (χ4n) is 2.55. The molecule has 0 saturated heterocycles. The molecule has 0 amide bonds. The lowest BCUT2D eigenvalue weighted by molar-refractivity contribution is 0.628. The van der Waals surface area contributed by atoms with Gasteiger partial charge in [-0.2, -0.15) is 0 Å². The van der Waals surface area contributed by atoms with E-state index in [1.54, 1.807) is 17.4 Å². The normalized spacial score (nSPS) is 13.0. The Morgan fingerprint density at radius 1 is 1.30 bits per heavy atom. The maximum Gasteiger partial charge on any atom is 0.201 e. The van der Waals surface area contributed by atoms with E-state index < -0.39 is 0 Å². The molecule has 1 aromatic carbocycles. The van der Waals surface area contributed by atoms with Crippen molar-refractivity contribution in [2.24, 2.45) is 0 Å². The Balaban J connectivity index is 2.18. The van der Waals surface area contributed by atoms with Crippen molar-refractivity contribution < 1.29 is 4.39 Å². The lowest BCUT2D eigenvalue weighted by Gasteiger charge is -2.15. The van der Waals surface area contributed by atoms with E-state index in [0.717, 1.165) is 21.1 Å². The third-order valence-corrected chi connectivity index (χ3v) is 4.63. The van der Waals surface area contributed by atoms with Gasteiger partial charge in [-0.1, -0.05) is 0 Å². The molecule has 0 spiro atoms. The fraction of sp³-hybridized carbons (Fsp3) is 0.286. The zero-order chi connectivity index (χ0) is 14.4. The van der Waals surface area contributed by atoms with Gasteiger partial charge in [0.05, 0.1) is 32.7 Å². The van der Waals surface area contributed by atoms with Crippen LogP contribution in [0.2, 0.25) is 0 Å². The summed E-state index contributed by atoms with van der Waals surface area (Å²) < 4.78 is 15.2. The van der Waals surface area contributed by atoms with E-state index in [0.29, 0.717) is 11.5 Å². The number of hydrogen-bond donors (Lipinski definition) is 1. The first-order valence-electron chi connectivity index (χ1n) is 6.34. The van der Waals surface area contributed by atoms with Crippen molar-refractivity contribution in [1.29, 1.82) is 0 Å². The van der Waals surface area contributed by atoms with Gasteiger partial charge in [-0.25, -0.2) is 14.4 Å². The van der Waals surface area contributed by atoms with Crippen LogP contribution in [0.25, 0.3) is 11.0 Å². The van der Waals surface area contributed by atoms with E-state index in [1.807, 2.05) is 18.4 Å². The van der Waals surface area contributed by atoms with Crippen LogP contribution in [0.1, 0.15) is 28.5 Å². The number of hydrogen-bond acceptors (Lipinski definition) is 4. The Kier molecular flexibility index (Phi) is 2.97. The average Bonchev–Trinajstić information content (AvgIpc) is 2.87. The molecule has 2 aromatic heterocycles. The summed E-state index contributed by atoms with van der Waals surface area (Å²) in [6.07, 6.45) is 0. The van der Waals surface area contributed by atoms with E-state index in [4.69, 9.17) is 5.73 Å². The average molecular weight is 290 g/mol. The number of halogens is 1. The Morgan fingerprint density at radius 2 is 2.05 bits per heavy atom. The van der Waals surface area contributed by atoms with E-state index in [2.05, 4.69) is 16.9 Å². The predicted molar refractivity (Wildman–Crippen MR) is 79.5 cm³/mol. The van der Waals surface area contributed by atoms with Gasteiger partial charge < -0.3 is 10.3 Å². The van der Waals surface area contributed by atoms with Gasteiger partial charge in [0, 0.05) is 6.07 Å². The maximum atomic E-state index is 13.3. The van der Waals surface area contributed by atoms with Crippen LogP contribution in [-0.4, -0.2) is 14.5 Å². The molecule has 0 saturated carbocycles. The second-order valence-electron chi connectivity index (χ2n) is 4.83. The van der Waals surface area contributed by atoms with Gasteiger partial charge >= 0.3 is 0 Å². The SMILES string of the molecule is Cc1nc(C)c(C(C)n2c(N)nc3cc(F)ccc32)s1. The van der Waals surface area contributed by atoms with Crippen LogP contribution in [-0.2, 0) is 0 Å². The summed E-state index contributed by atoms with van der Waals surface area (Å²) in [7, 11) is 0. The minimum Gasteiger partial charge on any atom is -0.369 e. The number of thiazole rings is 1. The van der Waals surface area contributed by atoms with E-state index >= 15 is 0 Å². The van der Waals surface area contributed by atoms with E-state index in [9.17, 15) is 4.39 Å². The monoisotopic (exact) mass is 290 g/mol. The molecule has 3 aromatic rings. The molecule has 0 aliphatic heterocycles. The third-order valence-electron chi connectivity index (χ3n) is 3.38. The number of nitrogens with zero attached hydrogens (tertiary/aromatic N) is 3. The lowest BCUT2D eigenvalue weighted by atomic mass is 10.2. The maximum absolute atomic E-state index is 13.3. The zero-order valence-electron chi connectivity index (χ0n) is 11.5. The molecule has 4 nitrogen and oxygen atoms in total. The number of rotatable bonds is 2. The molecular formula is C14H15FN4S. The van der Waals surface area contributed by atoms with Crippen molar-refractivity contribution in [3.8, 4) is 0 Å². The van der Waals surface area contributed by atoms with Crippen molar-refractivity contribution in [2.75, 3.05) is 5.73 Å². The van der Waals surface area contributed by atoms with Crippen LogP contribution in [0.15, 0.2) is 18.2 Å². The number of nitrogens with two attached hydrogens (primary N) is 1. The molecule has 0 aliphatic rings. The molecule has 6 heteroatoms. The summed E-state index contributed by atoms with van der Waals surface area (Å²) in [5, 5.41) is 1.03. The zero-order valence-corrected chi connectivity index (χ0v) is 12.3. The fourth-order valence-corrected chi connectivity index (χ4v) is 3.52. The third kappa shape index (κ3) is 1.96. The smallest absolute Gasteiger partial charge is 0.201 e. The molecule has 2 heterocycles. The molecular weight excluding hydrogens is 275 g/mol. The number of fused-ring (bicyclic) bond motifs is 1. The summed E-state index contributed by atoms with van der Waals surface area (Å²) in [4.78, 5) is 9.84. The van der Waals surface area contributed by atoms with Gasteiger partial charge in [0.2, 0.25) is 5.95 Å². The number of benzene rings is 1. The standard InChI is InChI=1S/C14H15FN4S/c1-7-13(20-9(3)17-7)8(2)19-12-5-4-10(15)6-11(12)18-14(19)16/h4-6,8H,1-3H3,(H2,16,18). The van der Waals surface area contributed by atoms with Crippen LogP contribution in [0.4, 0.5) is 10.3 Å². The number of imidazole rings is 1. The van der Waals surface area contributed by atoms with Crippen molar-refractivity contribution >= 4 is 28.3 Å². The molecule has 0 aliphatic carbocycles. The highest BCUT2D eigenvalue weighted by Gasteiger charge is 2.19. The number of nitrogen functional groups attached to an aromatic ring is 1. The molecule has 104 valence electrons. The van der Waals surface area contributed by atoms with Crippen LogP contribution in [0.5, 0.6) is 0 Å². The molecule has 1 unspecified atom stereocenters. The van der Waals surface area contributed by atoms with Crippen LogP contribution >= 0.6 is 11.3 Å². The first-order chi connectivity index (χ1) is 9.47. The summed E-state index contributed by atoms with van der Waals surface area (Å²) >= 11 is 1.65. The highest BCUT2D eigenvalue weighted by atomic mass is 32.1. The molecule has 2 N–H and O–H groups in total. The molecule has 0 bridgehead atoms. The van der Waals surface area contributed by atoms with E-state index in [1.165, 1.54) is 12.1 Å². The van der Waals surface area contributed by atoms with Crippen molar-refractivity contribution in [3.05, 3.63) is 39.6 Å². The first-order valence-corrected chi connectivity index (χ1v) is 7.16. The van der Waals surface area contributed by atoms with Gasteiger partial charge in [0.1, 0.15) is 5.82 Å². The Bertz CT molecular complexity index is 790. The van der Waals surface area contributed by atoms with Crippen molar-refractivity contribution in [3.63, 3.8) is 0 Å². The Hall–Kier alpha value is -1.95. The molecule has 1 atom stereocenters. The number of aryl methyl sites for hydroxylation is 2. The molecule has 0 fully saturated rings.